The number of halogens is 3. The number of hydrogen-bond acceptors (Lipinski definition) is 4. The zero-order chi connectivity index (χ0) is 10.6. The molecule has 74 valence electrons. The van der Waals surface area contributed by atoms with Gasteiger partial charge >= 0.3 is 11.9 Å². The molecule has 0 bridgehead atoms. The first-order valence-corrected chi connectivity index (χ1v) is 4.31. The van der Waals surface area contributed by atoms with Crippen molar-refractivity contribution in [3.63, 3.8) is 0 Å². The smallest absolute Gasteiger partial charge is 0.358 e. The molecule has 0 aromatic carbocycles. The third-order valence-electron chi connectivity index (χ3n) is 0.964. The van der Waals surface area contributed by atoms with E-state index in [4.69, 9.17) is 34.8 Å². The Hall–Kier alpha value is -0.320. The highest BCUT2D eigenvalue weighted by molar-refractivity contribution is 6.68. The van der Waals surface area contributed by atoms with Crippen LogP contribution in [0.3, 0.4) is 0 Å². The van der Waals surface area contributed by atoms with Crippen LogP contribution in [0, 0.1) is 0 Å². The first-order valence-electron chi connectivity index (χ1n) is 3.02. The molecule has 13 heavy (non-hydrogen) atoms. The van der Waals surface area contributed by atoms with E-state index in [1.165, 1.54) is 0 Å². The van der Waals surface area contributed by atoms with Gasteiger partial charge in [-0.1, -0.05) is 23.2 Å². The van der Waals surface area contributed by atoms with E-state index >= 15 is 0 Å². The van der Waals surface area contributed by atoms with Crippen molar-refractivity contribution in [1.82, 2.24) is 0 Å². The SMILES string of the molecule is CC(=O)OC(=O)C(Cl)(Cl)C(=O)CCl. The number of ketones is 1. The molecule has 0 N–H and O–H groups in total. The van der Waals surface area contributed by atoms with Crippen molar-refractivity contribution >= 4 is 52.5 Å². The second-order valence-corrected chi connectivity index (χ2v) is 3.61. The van der Waals surface area contributed by atoms with Gasteiger partial charge in [-0.3, -0.25) is 9.59 Å². The number of esters is 2. The van der Waals surface area contributed by atoms with Crippen molar-refractivity contribution in [3.8, 4) is 0 Å². The quantitative estimate of drug-likeness (QED) is 0.425. The van der Waals surface area contributed by atoms with Crippen LogP contribution in [0.25, 0.3) is 0 Å². The average Bonchev–Trinajstić information content (AvgIpc) is 2.01. The summed E-state index contributed by atoms with van der Waals surface area (Å²) in [5, 5.41) is 0. The lowest BCUT2D eigenvalue weighted by Gasteiger charge is -2.13. The second-order valence-electron chi connectivity index (χ2n) is 2.01. The van der Waals surface area contributed by atoms with E-state index in [1.807, 2.05) is 0 Å². The molecule has 0 aromatic rings. The van der Waals surface area contributed by atoms with E-state index < -0.39 is 27.9 Å². The van der Waals surface area contributed by atoms with Gasteiger partial charge in [-0.15, -0.1) is 11.6 Å². The molecule has 0 atom stereocenters. The highest BCUT2D eigenvalue weighted by Gasteiger charge is 2.43. The molecule has 0 heterocycles. The lowest BCUT2D eigenvalue weighted by atomic mass is 10.3. The standard InChI is InChI=1S/C6H5Cl3O4/c1-3(10)13-5(12)6(8,9)4(11)2-7/h2H2,1H3. The predicted octanol–water partition coefficient (Wildman–Crippen LogP) is 1.06. The van der Waals surface area contributed by atoms with E-state index in [9.17, 15) is 14.4 Å². The number of carbonyl (C=O) groups excluding carboxylic acids is 3. The Kier molecular flexibility index (Phi) is 4.67. The third-order valence-corrected chi connectivity index (χ3v) is 1.94. The normalized spacial score (nSPS) is 10.8. The maximum absolute atomic E-state index is 10.9. The number of hydrogen-bond donors (Lipinski definition) is 0. The molecule has 0 unspecified atom stereocenters. The van der Waals surface area contributed by atoms with Crippen LogP contribution in [-0.2, 0) is 19.1 Å². The van der Waals surface area contributed by atoms with Gasteiger partial charge < -0.3 is 4.74 Å². The zero-order valence-electron chi connectivity index (χ0n) is 6.47. The van der Waals surface area contributed by atoms with Crippen LogP contribution in [0.1, 0.15) is 6.92 Å². The first-order chi connectivity index (χ1) is 5.82. The van der Waals surface area contributed by atoms with E-state index in [1.54, 1.807) is 0 Å². The van der Waals surface area contributed by atoms with Crippen LogP contribution in [-0.4, -0.2) is 27.9 Å². The van der Waals surface area contributed by atoms with Crippen LogP contribution in [0.15, 0.2) is 0 Å². The Balaban J connectivity index is 4.54. The van der Waals surface area contributed by atoms with Crippen LogP contribution < -0.4 is 0 Å². The number of Topliss-reactive ketones (excluding diaryl/α,β-unsaturated/α-hetero) is 1. The summed E-state index contributed by atoms with van der Waals surface area (Å²) < 4.78 is 1.61. The largest absolute Gasteiger partial charge is 0.391 e. The summed E-state index contributed by atoms with van der Waals surface area (Å²) in [5.41, 5.74) is 0. The van der Waals surface area contributed by atoms with Gasteiger partial charge in [-0.05, 0) is 0 Å². The predicted molar refractivity (Wildman–Crippen MR) is 46.9 cm³/mol. The average molecular weight is 247 g/mol. The molecule has 0 fully saturated rings. The number of alkyl halides is 3. The Morgan fingerprint density at radius 2 is 1.77 bits per heavy atom. The molecule has 0 saturated carbocycles. The molecule has 0 amide bonds. The molecule has 7 heteroatoms. The maximum Gasteiger partial charge on any atom is 0.358 e. The fourth-order valence-electron chi connectivity index (χ4n) is 0.392. The van der Waals surface area contributed by atoms with Crippen molar-refractivity contribution in [1.29, 1.82) is 0 Å². The van der Waals surface area contributed by atoms with Crippen LogP contribution >= 0.6 is 34.8 Å². The minimum atomic E-state index is -2.41. The third kappa shape index (κ3) is 3.50. The number of ether oxygens (including phenoxy) is 1. The summed E-state index contributed by atoms with van der Waals surface area (Å²) in [5.74, 6) is -3.73. The van der Waals surface area contributed by atoms with E-state index in [0.717, 1.165) is 6.92 Å². The van der Waals surface area contributed by atoms with E-state index in [-0.39, 0.29) is 0 Å². The summed E-state index contributed by atoms with van der Waals surface area (Å²) in [7, 11) is 0. The zero-order valence-corrected chi connectivity index (χ0v) is 8.74. The molecule has 0 aliphatic heterocycles. The molecular weight excluding hydrogens is 242 g/mol. The maximum atomic E-state index is 10.9. The fraction of sp³-hybridized carbons (Fsp3) is 0.500. The Bertz CT molecular complexity index is 248. The van der Waals surface area contributed by atoms with Gasteiger partial charge in [0.1, 0.15) is 0 Å². The van der Waals surface area contributed by atoms with Gasteiger partial charge in [0, 0.05) is 6.92 Å². The second kappa shape index (κ2) is 4.79. The highest BCUT2D eigenvalue weighted by Crippen LogP contribution is 2.24. The fourth-order valence-corrected chi connectivity index (χ4v) is 0.940. The van der Waals surface area contributed by atoms with Crippen LogP contribution in [0.5, 0.6) is 0 Å². The van der Waals surface area contributed by atoms with Crippen molar-refractivity contribution < 1.29 is 19.1 Å². The Morgan fingerprint density at radius 1 is 1.31 bits per heavy atom. The van der Waals surface area contributed by atoms with Crippen molar-refractivity contribution in [3.05, 3.63) is 0 Å². The number of rotatable bonds is 3. The first kappa shape index (κ1) is 12.7. The van der Waals surface area contributed by atoms with Gasteiger partial charge in [-0.2, -0.15) is 0 Å². The van der Waals surface area contributed by atoms with E-state index in [0.29, 0.717) is 0 Å². The summed E-state index contributed by atoms with van der Waals surface area (Å²) in [4.78, 5) is 32.0. The minimum absolute atomic E-state index is 0.542. The van der Waals surface area contributed by atoms with E-state index in [2.05, 4.69) is 4.74 Å². The summed E-state index contributed by atoms with van der Waals surface area (Å²) >= 11 is 15.7. The van der Waals surface area contributed by atoms with Gasteiger partial charge in [0.15, 0.2) is 5.78 Å². The van der Waals surface area contributed by atoms with Gasteiger partial charge in [0.05, 0.1) is 5.88 Å². The molecule has 0 aromatic heterocycles. The van der Waals surface area contributed by atoms with Crippen molar-refractivity contribution in [2.75, 3.05) is 5.88 Å². The van der Waals surface area contributed by atoms with Gasteiger partial charge in [0.2, 0.25) is 0 Å². The van der Waals surface area contributed by atoms with Gasteiger partial charge in [0.25, 0.3) is 4.33 Å². The minimum Gasteiger partial charge on any atom is -0.391 e. The van der Waals surface area contributed by atoms with Crippen LogP contribution in [0.4, 0.5) is 0 Å². The molecule has 4 nitrogen and oxygen atoms in total. The molecule has 0 saturated heterocycles. The Labute approximate surface area is 89.1 Å². The molecule has 0 aliphatic carbocycles. The lowest BCUT2D eigenvalue weighted by Crippen LogP contribution is -2.38. The van der Waals surface area contributed by atoms with Crippen molar-refractivity contribution in [2.45, 2.75) is 11.3 Å². The molecule has 0 radical (unpaired) electrons. The number of carbonyl (C=O) groups is 3. The molecule has 0 aliphatic rings. The lowest BCUT2D eigenvalue weighted by molar-refractivity contribution is -0.159. The monoisotopic (exact) mass is 246 g/mol. The topological polar surface area (TPSA) is 60.4 Å². The summed E-state index contributed by atoms with van der Waals surface area (Å²) in [6, 6.07) is 0. The molecule has 0 rings (SSSR count). The molecule has 0 spiro atoms. The van der Waals surface area contributed by atoms with Crippen LogP contribution in [0.2, 0.25) is 0 Å². The summed E-state index contributed by atoms with van der Waals surface area (Å²) in [6.45, 7) is 0.979. The molecular formula is C6H5Cl3O4. The highest BCUT2D eigenvalue weighted by atomic mass is 35.5. The van der Waals surface area contributed by atoms with Crippen molar-refractivity contribution in [2.24, 2.45) is 0 Å². The summed E-state index contributed by atoms with van der Waals surface area (Å²) in [6.07, 6.45) is 0. The van der Waals surface area contributed by atoms with Gasteiger partial charge in [-0.25, -0.2) is 4.79 Å². The Morgan fingerprint density at radius 3 is 2.08 bits per heavy atom.